The van der Waals surface area contributed by atoms with Crippen LogP contribution in [0.1, 0.15) is 57.9 Å². The Morgan fingerprint density at radius 3 is 2.39 bits per heavy atom. The van der Waals surface area contributed by atoms with Gasteiger partial charge in [0.2, 0.25) is 17.7 Å². The molecule has 4 rings (SSSR count). The van der Waals surface area contributed by atoms with Crippen molar-refractivity contribution in [2.75, 3.05) is 33.4 Å². The molecule has 12 heteroatoms. The lowest BCUT2D eigenvalue weighted by Crippen LogP contribution is -2.59. The van der Waals surface area contributed by atoms with Crippen LogP contribution in [0.4, 0.5) is 0 Å². The van der Waals surface area contributed by atoms with Crippen LogP contribution in [0.25, 0.3) is 0 Å². The van der Waals surface area contributed by atoms with E-state index in [0.29, 0.717) is 38.5 Å². The summed E-state index contributed by atoms with van der Waals surface area (Å²) in [4.78, 5) is 53.5. The number of amides is 3. The second-order valence-corrected chi connectivity index (χ2v) is 12.1. The molecule has 0 spiro atoms. The Labute approximate surface area is 258 Å². The number of Topliss-reactive ketones (excluding diaryl/α,β-unsaturated/α-hetero) is 1. The van der Waals surface area contributed by atoms with E-state index in [1.807, 2.05) is 0 Å². The molecule has 12 nitrogen and oxygen atoms in total. The zero-order valence-electron chi connectivity index (χ0n) is 25.9. The highest BCUT2D eigenvalue weighted by atomic mass is 16.6. The van der Waals surface area contributed by atoms with Crippen molar-refractivity contribution in [1.82, 2.24) is 21.3 Å². The predicted octanol–water partition coefficient (Wildman–Crippen LogP) is 0.700. The first-order valence-corrected chi connectivity index (χ1v) is 15.5. The maximum absolute atomic E-state index is 13.9. The third-order valence-electron chi connectivity index (χ3n) is 8.31. The van der Waals surface area contributed by atoms with E-state index in [0.717, 1.165) is 36.8 Å². The van der Waals surface area contributed by atoms with Gasteiger partial charge in [0.05, 0.1) is 45.0 Å². The van der Waals surface area contributed by atoms with Crippen LogP contribution in [-0.2, 0) is 35.1 Å². The number of carbonyl (C=O) groups is 4. The molecule has 2 saturated heterocycles. The average Bonchev–Trinajstić information content (AvgIpc) is 3.78. The van der Waals surface area contributed by atoms with Crippen molar-refractivity contribution in [3.05, 3.63) is 41.5 Å². The van der Waals surface area contributed by atoms with Gasteiger partial charge in [0.25, 0.3) is 0 Å². The zero-order chi connectivity index (χ0) is 31.7. The number of aliphatic hydroxyl groups is 1. The lowest BCUT2D eigenvalue weighted by atomic mass is 9.89. The summed E-state index contributed by atoms with van der Waals surface area (Å²) >= 11 is 0. The highest BCUT2D eigenvalue weighted by Crippen LogP contribution is 2.31. The number of hydrogen-bond donors (Lipinski definition) is 5. The molecule has 0 radical (unpaired) electrons. The predicted molar refractivity (Wildman–Crippen MR) is 162 cm³/mol. The van der Waals surface area contributed by atoms with Gasteiger partial charge >= 0.3 is 0 Å². The fraction of sp³-hybridized carbons (Fsp3) is 0.625. The highest BCUT2D eigenvalue weighted by Gasteiger charge is 2.50. The molecule has 2 aliphatic heterocycles. The van der Waals surface area contributed by atoms with Crippen LogP contribution in [0.2, 0.25) is 0 Å². The van der Waals surface area contributed by atoms with Crippen molar-refractivity contribution < 1.29 is 38.5 Å². The molecule has 0 aromatic heterocycles. The molecular formula is C32H46N4O8. The van der Waals surface area contributed by atoms with Crippen LogP contribution in [0.5, 0.6) is 5.75 Å². The monoisotopic (exact) mass is 614 g/mol. The number of carbonyl (C=O) groups excluding carboxylic acids is 4. The zero-order valence-corrected chi connectivity index (χ0v) is 25.9. The van der Waals surface area contributed by atoms with Crippen LogP contribution in [0.3, 0.4) is 0 Å². The Morgan fingerprint density at radius 1 is 1.07 bits per heavy atom. The van der Waals surface area contributed by atoms with Gasteiger partial charge in [-0.05, 0) is 63.6 Å². The topological polar surface area (TPSA) is 168 Å². The van der Waals surface area contributed by atoms with Gasteiger partial charge < -0.3 is 40.6 Å². The van der Waals surface area contributed by atoms with Gasteiger partial charge in [0.1, 0.15) is 23.4 Å². The Balaban J connectivity index is 1.50. The Bertz CT molecular complexity index is 1190. The second kappa shape index (κ2) is 15.6. The number of methoxy groups -OCH3 is 1. The van der Waals surface area contributed by atoms with E-state index >= 15 is 0 Å². The Hall–Kier alpha value is -3.32. The number of aliphatic hydroxyl groups excluding tert-OH is 1. The highest BCUT2D eigenvalue weighted by molar-refractivity contribution is 5.98. The Morgan fingerprint density at radius 2 is 1.80 bits per heavy atom. The average molecular weight is 615 g/mol. The number of allylic oxidation sites excluding steroid dienone is 1. The molecule has 2 fully saturated rings. The first kappa shape index (κ1) is 33.6. The third-order valence-corrected chi connectivity index (χ3v) is 8.31. The van der Waals surface area contributed by atoms with Crippen molar-refractivity contribution in [2.24, 2.45) is 0 Å². The molecule has 1 aromatic rings. The first-order chi connectivity index (χ1) is 21.1. The molecule has 1 aromatic carbocycles. The molecule has 3 aliphatic rings. The smallest absolute Gasteiger partial charge is 0.245 e. The largest absolute Gasteiger partial charge is 0.497 e. The maximum Gasteiger partial charge on any atom is 0.245 e. The summed E-state index contributed by atoms with van der Waals surface area (Å²) in [5.74, 6) is -1.30. The number of ketones is 1. The van der Waals surface area contributed by atoms with E-state index in [1.165, 1.54) is 6.92 Å². The Kier molecular flexibility index (Phi) is 11.9. The van der Waals surface area contributed by atoms with Gasteiger partial charge in [0.15, 0.2) is 5.78 Å². The van der Waals surface area contributed by atoms with E-state index in [9.17, 15) is 24.3 Å². The van der Waals surface area contributed by atoms with Gasteiger partial charge in [-0.15, -0.1) is 0 Å². The van der Waals surface area contributed by atoms with Gasteiger partial charge in [0, 0.05) is 19.5 Å². The molecule has 44 heavy (non-hydrogen) atoms. The summed E-state index contributed by atoms with van der Waals surface area (Å²) in [5.41, 5.74) is 0.909. The normalized spacial score (nSPS) is 24.1. The summed E-state index contributed by atoms with van der Waals surface area (Å²) in [5, 5.41) is 21.8. The number of morpholine rings is 1. The molecule has 3 amide bonds. The summed E-state index contributed by atoms with van der Waals surface area (Å²) in [6, 6.07) is 3.82. The SMILES string of the molecule is COc1ccc(C[C@H](NC(=O)[C@@H](NC(=O)CC2CNCCO2)[C@H](C)O)C(=O)N[C@@H](CC2=CCCCC2)C(=O)[C@@]2(C)CO2)cc1. The van der Waals surface area contributed by atoms with Gasteiger partial charge in [-0.3, -0.25) is 19.2 Å². The minimum absolute atomic E-state index is 0.0136. The van der Waals surface area contributed by atoms with E-state index < -0.39 is 47.6 Å². The second-order valence-electron chi connectivity index (χ2n) is 12.1. The van der Waals surface area contributed by atoms with E-state index in [-0.39, 0.29) is 24.7 Å². The van der Waals surface area contributed by atoms with Crippen LogP contribution in [0.15, 0.2) is 35.9 Å². The molecule has 2 heterocycles. The molecule has 6 atom stereocenters. The summed E-state index contributed by atoms with van der Waals surface area (Å²) < 4.78 is 16.2. The number of epoxide rings is 1. The van der Waals surface area contributed by atoms with Crippen molar-refractivity contribution in [2.45, 2.75) is 94.7 Å². The molecule has 1 aliphatic carbocycles. The summed E-state index contributed by atoms with van der Waals surface area (Å²) in [6.45, 7) is 5.08. The molecule has 0 bridgehead atoms. The van der Waals surface area contributed by atoms with E-state index in [1.54, 1.807) is 38.3 Å². The van der Waals surface area contributed by atoms with Crippen molar-refractivity contribution >= 4 is 23.5 Å². The fourth-order valence-electron chi connectivity index (χ4n) is 5.52. The minimum atomic E-state index is -1.31. The molecule has 242 valence electrons. The fourth-order valence-corrected chi connectivity index (χ4v) is 5.52. The minimum Gasteiger partial charge on any atom is -0.497 e. The van der Waals surface area contributed by atoms with E-state index in [4.69, 9.17) is 14.2 Å². The molecule has 0 saturated carbocycles. The van der Waals surface area contributed by atoms with Crippen LogP contribution < -0.4 is 26.0 Å². The number of rotatable bonds is 15. The summed E-state index contributed by atoms with van der Waals surface area (Å²) in [7, 11) is 1.55. The van der Waals surface area contributed by atoms with Gasteiger partial charge in [-0.2, -0.15) is 0 Å². The number of hydrogen-bond acceptors (Lipinski definition) is 9. The third kappa shape index (κ3) is 9.59. The van der Waals surface area contributed by atoms with Crippen molar-refractivity contribution in [3.8, 4) is 5.75 Å². The standard InChI is InChI=1S/C32H46N4O8/c1-20(37)28(36-27(38)17-24-18-33-13-14-43-24)31(41)35-26(16-22-9-11-23(42-3)12-10-22)30(40)34-25(29(39)32(2)19-44-32)15-21-7-5-4-6-8-21/h7,9-12,20,24-26,28,33,37H,4-6,8,13-19H2,1-3H3,(H,34,40)(H,35,41)(H,36,38)/t20-,24?,25-,26-,28-,32+/m0/s1. The molecular weight excluding hydrogens is 568 g/mol. The number of ether oxygens (including phenoxy) is 3. The lowest BCUT2D eigenvalue weighted by molar-refractivity contribution is -0.136. The lowest BCUT2D eigenvalue weighted by Gasteiger charge is -2.28. The maximum atomic E-state index is 13.9. The number of nitrogens with one attached hydrogen (secondary N) is 4. The summed E-state index contributed by atoms with van der Waals surface area (Å²) in [6.07, 6.45) is 4.95. The first-order valence-electron chi connectivity index (χ1n) is 15.5. The van der Waals surface area contributed by atoms with Crippen molar-refractivity contribution in [1.29, 1.82) is 0 Å². The number of benzene rings is 1. The van der Waals surface area contributed by atoms with Crippen LogP contribution in [-0.4, -0.2) is 98.0 Å². The van der Waals surface area contributed by atoms with Gasteiger partial charge in [-0.1, -0.05) is 23.8 Å². The van der Waals surface area contributed by atoms with E-state index in [2.05, 4.69) is 27.3 Å². The van der Waals surface area contributed by atoms with Crippen LogP contribution >= 0.6 is 0 Å². The quantitative estimate of drug-likeness (QED) is 0.141. The van der Waals surface area contributed by atoms with Crippen molar-refractivity contribution in [3.63, 3.8) is 0 Å². The molecule has 1 unspecified atom stereocenters. The van der Waals surface area contributed by atoms with Crippen LogP contribution in [0, 0.1) is 0 Å². The van der Waals surface area contributed by atoms with Gasteiger partial charge in [-0.25, -0.2) is 0 Å². The molecule has 5 N–H and O–H groups in total.